The zero-order chi connectivity index (χ0) is 28.9. The van der Waals surface area contributed by atoms with E-state index in [4.69, 9.17) is 4.74 Å². The number of esters is 1. The number of nitrogens with one attached hydrogen (secondary N) is 1. The lowest BCUT2D eigenvalue weighted by Gasteiger charge is -2.31. The first-order valence-corrected chi connectivity index (χ1v) is 13.3. The Hall–Kier alpha value is -3.49. The molecule has 0 unspecified atom stereocenters. The van der Waals surface area contributed by atoms with Crippen LogP contribution in [-0.2, 0) is 33.1 Å². The molecule has 0 aliphatic carbocycles. The monoisotopic (exact) mass is 579 g/mol. The molecule has 210 valence electrons. The molecule has 2 aromatic heterocycles. The number of aliphatic hydroxyl groups excluding tert-OH is 1. The van der Waals surface area contributed by atoms with Crippen LogP contribution in [0.2, 0.25) is 0 Å². The highest BCUT2D eigenvalue weighted by Crippen LogP contribution is 2.48. The van der Waals surface area contributed by atoms with E-state index in [2.05, 4.69) is 10.3 Å². The molecule has 6 rings (SSSR count). The van der Waals surface area contributed by atoms with Crippen LogP contribution in [0.3, 0.4) is 0 Å². The van der Waals surface area contributed by atoms with Crippen molar-refractivity contribution >= 4 is 34.5 Å². The van der Waals surface area contributed by atoms with E-state index in [1.54, 1.807) is 13.8 Å². The normalized spacial score (nSPS) is 21.9. The van der Waals surface area contributed by atoms with Gasteiger partial charge in [0.2, 0.25) is 6.10 Å². The Morgan fingerprint density at radius 2 is 2.05 bits per heavy atom. The van der Waals surface area contributed by atoms with Crippen LogP contribution in [0.15, 0.2) is 21.8 Å². The highest BCUT2D eigenvalue weighted by Gasteiger charge is 2.47. The molecule has 5 heterocycles. The topological polar surface area (TPSA) is 131 Å². The van der Waals surface area contributed by atoms with Crippen LogP contribution >= 0.6 is 11.8 Å². The van der Waals surface area contributed by atoms with Crippen molar-refractivity contribution in [2.45, 2.75) is 62.2 Å². The van der Waals surface area contributed by atoms with Crippen LogP contribution in [0, 0.1) is 12.7 Å². The summed E-state index contributed by atoms with van der Waals surface area (Å²) >= 11 is 1.13. The molecule has 0 bridgehead atoms. The van der Waals surface area contributed by atoms with E-state index in [-0.39, 0.29) is 53.4 Å². The number of amides is 1. The highest BCUT2D eigenvalue weighted by atomic mass is 32.2. The highest BCUT2D eigenvalue weighted by molar-refractivity contribution is 7.99. The number of carbonyl (C=O) groups excluding carboxylic acids is 2. The Balaban J connectivity index is 1.60. The first-order valence-electron chi connectivity index (χ1n) is 12.3. The lowest BCUT2D eigenvalue weighted by molar-refractivity contribution is -0.205. The SMILES string of the molecule is CC[C@@]1(O)C(=O)OCc2c1cc1n(c2=O)Cc2c-1nc1cc(F)c(C)c3c1c2[C@H](NC(=O)[C@@H](O)C(F)(F)F)CS3. The molecule has 3 aromatic rings. The second-order valence-corrected chi connectivity index (χ2v) is 11.0. The predicted molar refractivity (Wildman–Crippen MR) is 133 cm³/mol. The van der Waals surface area contributed by atoms with Gasteiger partial charge in [0.05, 0.1) is 35.1 Å². The van der Waals surface area contributed by atoms with Crippen molar-refractivity contribution in [1.82, 2.24) is 14.9 Å². The summed E-state index contributed by atoms with van der Waals surface area (Å²) < 4.78 is 60.5. The van der Waals surface area contributed by atoms with E-state index < -0.39 is 47.2 Å². The van der Waals surface area contributed by atoms with E-state index in [0.717, 1.165) is 11.8 Å². The minimum atomic E-state index is -5.18. The molecule has 3 aliphatic heterocycles. The number of cyclic esters (lactones) is 1. The number of carbonyl (C=O) groups is 2. The van der Waals surface area contributed by atoms with Gasteiger partial charge < -0.3 is 24.8 Å². The van der Waals surface area contributed by atoms with Crippen molar-refractivity contribution in [2.75, 3.05) is 5.75 Å². The van der Waals surface area contributed by atoms with Gasteiger partial charge in [0.15, 0.2) is 5.60 Å². The van der Waals surface area contributed by atoms with Crippen molar-refractivity contribution in [3.63, 3.8) is 0 Å². The molecule has 9 nitrogen and oxygen atoms in total. The smallest absolute Gasteiger partial charge is 0.423 e. The van der Waals surface area contributed by atoms with Gasteiger partial charge in [-0.1, -0.05) is 6.92 Å². The summed E-state index contributed by atoms with van der Waals surface area (Å²) in [5, 5.41) is 23.3. The van der Waals surface area contributed by atoms with E-state index in [1.165, 1.54) is 16.7 Å². The van der Waals surface area contributed by atoms with Crippen LogP contribution in [0.4, 0.5) is 17.6 Å². The van der Waals surface area contributed by atoms with Gasteiger partial charge in [0.25, 0.3) is 11.5 Å². The van der Waals surface area contributed by atoms with Crippen LogP contribution in [0.1, 0.15) is 47.2 Å². The van der Waals surface area contributed by atoms with Gasteiger partial charge in [0.1, 0.15) is 12.4 Å². The first kappa shape index (κ1) is 26.7. The van der Waals surface area contributed by atoms with E-state index >= 15 is 0 Å². The van der Waals surface area contributed by atoms with Gasteiger partial charge in [-0.2, -0.15) is 13.2 Å². The van der Waals surface area contributed by atoms with Gasteiger partial charge in [-0.05, 0) is 30.5 Å². The second-order valence-electron chi connectivity index (χ2n) is 9.98. The summed E-state index contributed by atoms with van der Waals surface area (Å²) in [6.45, 7) is 2.67. The number of aromatic nitrogens is 2. The standard InChI is InChI=1S/C26H21F4N3O6S/c1-3-25(38)12-4-16-19-10(6-33(16)23(36)11(12)7-39-24(25)37)17-15(32-22(35)21(34)26(28,29)30)8-40-20-9(2)13(27)5-14(31-19)18(17)20/h4-5,15,21,34,38H,3,6-8H2,1-2H3,(H,32,35)/t15-,21-,25+/m1/s1. The predicted octanol–water partition coefficient (Wildman–Crippen LogP) is 2.71. The van der Waals surface area contributed by atoms with Crippen LogP contribution < -0.4 is 10.9 Å². The Labute approximate surface area is 227 Å². The molecule has 0 fully saturated rings. The molecule has 1 amide bonds. The molecule has 14 heteroatoms. The maximum atomic E-state index is 14.9. The largest absolute Gasteiger partial charge is 0.458 e. The van der Waals surface area contributed by atoms with Gasteiger partial charge in [0, 0.05) is 33.2 Å². The summed E-state index contributed by atoms with van der Waals surface area (Å²) in [6.07, 6.45) is -8.52. The molecule has 0 saturated carbocycles. The number of halogens is 4. The maximum absolute atomic E-state index is 14.9. The molecule has 0 spiro atoms. The summed E-state index contributed by atoms with van der Waals surface area (Å²) in [7, 11) is 0. The molecule has 1 aromatic carbocycles. The van der Waals surface area contributed by atoms with Crippen molar-refractivity contribution in [2.24, 2.45) is 0 Å². The van der Waals surface area contributed by atoms with Gasteiger partial charge >= 0.3 is 12.1 Å². The Morgan fingerprint density at radius 1 is 1.32 bits per heavy atom. The van der Waals surface area contributed by atoms with Crippen molar-refractivity contribution < 1.29 is 42.1 Å². The lowest BCUT2D eigenvalue weighted by atomic mass is 9.86. The van der Waals surface area contributed by atoms with Crippen LogP contribution in [0.25, 0.3) is 22.3 Å². The minimum Gasteiger partial charge on any atom is -0.458 e. The number of benzene rings is 1. The quantitative estimate of drug-likeness (QED) is 0.250. The van der Waals surface area contributed by atoms with Gasteiger partial charge in [-0.3, -0.25) is 9.59 Å². The zero-order valence-electron chi connectivity index (χ0n) is 21.0. The number of ether oxygens (including phenoxy) is 1. The summed E-state index contributed by atoms with van der Waals surface area (Å²) in [4.78, 5) is 43.5. The lowest BCUT2D eigenvalue weighted by Crippen LogP contribution is -2.46. The van der Waals surface area contributed by atoms with Gasteiger partial charge in [-0.15, -0.1) is 11.8 Å². The first-order chi connectivity index (χ1) is 18.8. The third kappa shape index (κ3) is 3.62. The number of thioether (sulfide) groups is 1. The molecule has 3 aliphatic rings. The second kappa shape index (κ2) is 8.75. The van der Waals surface area contributed by atoms with E-state index in [1.807, 2.05) is 0 Å². The van der Waals surface area contributed by atoms with Crippen molar-refractivity contribution in [3.05, 3.63) is 56.1 Å². The third-order valence-corrected chi connectivity index (χ3v) is 9.08. The Kier molecular flexibility index (Phi) is 5.85. The molecule has 0 saturated heterocycles. The Bertz CT molecular complexity index is 1720. The number of pyridine rings is 2. The number of nitrogens with zero attached hydrogens (tertiary/aromatic N) is 2. The molecular formula is C26H21F4N3O6S. The zero-order valence-corrected chi connectivity index (χ0v) is 21.8. The van der Waals surface area contributed by atoms with Crippen molar-refractivity contribution in [1.29, 1.82) is 0 Å². The third-order valence-electron chi connectivity index (χ3n) is 7.78. The maximum Gasteiger partial charge on any atom is 0.423 e. The fourth-order valence-corrected chi connectivity index (χ4v) is 6.89. The number of hydrogen-bond donors (Lipinski definition) is 3. The minimum absolute atomic E-state index is 0.0266. The molecule has 0 radical (unpaired) electrons. The number of rotatable bonds is 3. The van der Waals surface area contributed by atoms with Crippen molar-refractivity contribution in [3.8, 4) is 11.4 Å². The fraction of sp³-hybridized carbons (Fsp3) is 0.385. The number of aliphatic hydroxyl groups is 2. The van der Waals surface area contributed by atoms with Gasteiger partial charge in [-0.25, -0.2) is 14.2 Å². The fourth-order valence-electron chi connectivity index (χ4n) is 5.64. The summed E-state index contributed by atoms with van der Waals surface area (Å²) in [5.74, 6) is -3.09. The van der Waals surface area contributed by atoms with Crippen LogP contribution in [-0.4, -0.2) is 49.7 Å². The van der Waals surface area contributed by atoms with E-state index in [0.29, 0.717) is 27.0 Å². The number of alkyl halides is 3. The molecular weight excluding hydrogens is 558 g/mol. The number of fused-ring (bicyclic) bond motifs is 5. The molecule has 3 atom stereocenters. The van der Waals surface area contributed by atoms with E-state index in [9.17, 15) is 42.2 Å². The average Bonchev–Trinajstić information content (AvgIpc) is 3.27. The Morgan fingerprint density at radius 3 is 2.73 bits per heavy atom. The average molecular weight is 580 g/mol. The molecule has 40 heavy (non-hydrogen) atoms. The summed E-state index contributed by atoms with van der Waals surface area (Å²) in [6, 6.07) is 1.59. The molecule has 3 N–H and O–H groups in total. The number of hydrogen-bond acceptors (Lipinski definition) is 8. The summed E-state index contributed by atoms with van der Waals surface area (Å²) in [5.41, 5.74) is -0.834. The van der Waals surface area contributed by atoms with Crippen LogP contribution in [0.5, 0.6) is 0 Å².